The van der Waals surface area contributed by atoms with Crippen LogP contribution in [0.2, 0.25) is 0 Å². The standard InChI is InChI=1S/C27H24N2O7S/c1-5-34-26(33)23-15(2)28-27-29(24(23)19-8-12-21(13-9-19)36-17(4)31)25(32)22(37-27)14-18-6-10-20(11-7-18)35-16(3)30/h6-14,24H,5H2,1-4H3/b22-14+. The smallest absolute Gasteiger partial charge is 0.338 e. The van der Waals surface area contributed by atoms with Gasteiger partial charge in [-0.3, -0.25) is 19.0 Å². The summed E-state index contributed by atoms with van der Waals surface area (Å²) in [5, 5.41) is 0. The van der Waals surface area contributed by atoms with Crippen LogP contribution < -0.4 is 24.4 Å². The molecule has 9 nitrogen and oxygen atoms in total. The summed E-state index contributed by atoms with van der Waals surface area (Å²) >= 11 is 1.20. The molecule has 0 spiro atoms. The average Bonchev–Trinajstić information content (AvgIpc) is 3.13. The molecule has 0 amide bonds. The van der Waals surface area contributed by atoms with Gasteiger partial charge < -0.3 is 14.2 Å². The van der Waals surface area contributed by atoms with Crippen molar-refractivity contribution in [1.82, 2.24) is 4.57 Å². The Morgan fingerprint density at radius 2 is 1.54 bits per heavy atom. The molecular weight excluding hydrogens is 496 g/mol. The third-order valence-corrected chi connectivity index (χ3v) is 6.40. The Morgan fingerprint density at radius 3 is 2.08 bits per heavy atom. The van der Waals surface area contributed by atoms with E-state index in [-0.39, 0.29) is 17.7 Å². The van der Waals surface area contributed by atoms with E-state index in [2.05, 4.69) is 4.99 Å². The molecule has 1 aromatic heterocycles. The molecule has 3 aromatic rings. The van der Waals surface area contributed by atoms with Crippen LogP contribution in [0.15, 0.2) is 69.6 Å². The maximum absolute atomic E-state index is 13.6. The molecule has 1 atom stereocenters. The number of hydrogen-bond donors (Lipinski definition) is 0. The second-order valence-electron chi connectivity index (χ2n) is 8.13. The molecule has 190 valence electrons. The molecule has 1 aliphatic heterocycles. The SMILES string of the molecule is CCOC(=O)C1=C(C)N=c2s/c(=C/c3ccc(OC(C)=O)cc3)c(=O)n2C1c1ccc(OC(C)=O)cc1. The van der Waals surface area contributed by atoms with Gasteiger partial charge in [0.05, 0.1) is 28.5 Å². The zero-order valence-electron chi connectivity index (χ0n) is 20.6. The molecule has 10 heteroatoms. The second-order valence-corrected chi connectivity index (χ2v) is 9.14. The molecule has 1 unspecified atom stereocenters. The van der Waals surface area contributed by atoms with Crippen molar-refractivity contribution in [2.24, 2.45) is 4.99 Å². The minimum atomic E-state index is -0.782. The van der Waals surface area contributed by atoms with E-state index >= 15 is 0 Å². The minimum Gasteiger partial charge on any atom is -0.463 e. The van der Waals surface area contributed by atoms with Crippen molar-refractivity contribution in [2.75, 3.05) is 6.61 Å². The largest absolute Gasteiger partial charge is 0.463 e. The predicted molar refractivity (Wildman–Crippen MR) is 136 cm³/mol. The third kappa shape index (κ3) is 5.59. The number of allylic oxidation sites excluding steroid dienone is 1. The molecular formula is C27H24N2O7S. The molecule has 0 aliphatic carbocycles. The maximum atomic E-state index is 13.6. The van der Waals surface area contributed by atoms with Crippen LogP contribution in [0.4, 0.5) is 0 Å². The number of carbonyl (C=O) groups is 3. The highest BCUT2D eigenvalue weighted by Crippen LogP contribution is 2.31. The summed E-state index contributed by atoms with van der Waals surface area (Å²) < 4.78 is 17.4. The van der Waals surface area contributed by atoms with Crippen LogP contribution in [-0.4, -0.2) is 29.1 Å². The number of nitrogens with zero attached hydrogens (tertiary/aromatic N) is 2. The van der Waals surface area contributed by atoms with Crippen LogP contribution >= 0.6 is 11.3 Å². The van der Waals surface area contributed by atoms with Gasteiger partial charge in [0.25, 0.3) is 5.56 Å². The predicted octanol–water partition coefficient (Wildman–Crippen LogP) is 2.65. The Kier molecular flexibility index (Phi) is 7.49. The van der Waals surface area contributed by atoms with Crippen LogP contribution in [0.25, 0.3) is 6.08 Å². The Bertz CT molecular complexity index is 1580. The topological polar surface area (TPSA) is 113 Å². The summed E-state index contributed by atoms with van der Waals surface area (Å²) in [7, 11) is 0. The first-order chi connectivity index (χ1) is 17.7. The summed E-state index contributed by atoms with van der Waals surface area (Å²) in [6.07, 6.45) is 1.71. The number of thiazole rings is 1. The van der Waals surface area contributed by atoms with Gasteiger partial charge in [0.1, 0.15) is 11.5 Å². The number of hydrogen-bond acceptors (Lipinski definition) is 9. The van der Waals surface area contributed by atoms with Crippen molar-refractivity contribution in [3.8, 4) is 11.5 Å². The Morgan fingerprint density at radius 1 is 0.973 bits per heavy atom. The lowest BCUT2D eigenvalue weighted by Crippen LogP contribution is -2.39. The molecule has 1 aliphatic rings. The van der Waals surface area contributed by atoms with Crippen LogP contribution in [0.1, 0.15) is 44.9 Å². The highest BCUT2D eigenvalue weighted by molar-refractivity contribution is 7.07. The zero-order chi connectivity index (χ0) is 26.7. The molecule has 0 radical (unpaired) electrons. The normalized spacial score (nSPS) is 15.0. The van der Waals surface area contributed by atoms with Crippen LogP contribution in [0.5, 0.6) is 11.5 Å². The summed E-state index contributed by atoms with van der Waals surface area (Å²) in [6, 6.07) is 12.6. The number of benzene rings is 2. The zero-order valence-corrected chi connectivity index (χ0v) is 21.5. The lowest BCUT2D eigenvalue weighted by molar-refractivity contribution is -0.139. The molecule has 2 heterocycles. The Labute approximate surface area is 215 Å². The van der Waals surface area contributed by atoms with E-state index in [4.69, 9.17) is 14.2 Å². The van der Waals surface area contributed by atoms with Crippen molar-refractivity contribution >= 4 is 35.3 Å². The fraction of sp³-hybridized carbons (Fsp3) is 0.222. The van der Waals surface area contributed by atoms with Gasteiger partial charge in [-0.25, -0.2) is 9.79 Å². The van der Waals surface area contributed by atoms with E-state index < -0.39 is 23.9 Å². The summed E-state index contributed by atoms with van der Waals surface area (Å²) in [5.41, 5.74) is 1.74. The van der Waals surface area contributed by atoms with Gasteiger partial charge in [-0.05, 0) is 55.3 Å². The van der Waals surface area contributed by atoms with E-state index in [1.165, 1.54) is 29.8 Å². The quantitative estimate of drug-likeness (QED) is 0.363. The number of esters is 3. The molecule has 4 rings (SSSR count). The number of rotatable bonds is 6. The number of fused-ring (bicyclic) bond motifs is 1. The average molecular weight is 521 g/mol. The lowest BCUT2D eigenvalue weighted by atomic mass is 9.96. The van der Waals surface area contributed by atoms with Gasteiger partial charge in [0, 0.05) is 13.8 Å². The molecule has 37 heavy (non-hydrogen) atoms. The van der Waals surface area contributed by atoms with E-state index in [9.17, 15) is 19.2 Å². The highest BCUT2D eigenvalue weighted by Gasteiger charge is 2.33. The van der Waals surface area contributed by atoms with Gasteiger partial charge in [0.2, 0.25) is 0 Å². The Balaban J connectivity index is 1.83. The van der Waals surface area contributed by atoms with Crippen LogP contribution in [0, 0.1) is 0 Å². The van der Waals surface area contributed by atoms with E-state index in [1.54, 1.807) is 68.5 Å². The first-order valence-corrected chi connectivity index (χ1v) is 12.3. The summed E-state index contributed by atoms with van der Waals surface area (Å²) in [6.45, 7) is 6.21. The number of aromatic nitrogens is 1. The van der Waals surface area contributed by atoms with Crippen molar-refractivity contribution in [1.29, 1.82) is 0 Å². The fourth-order valence-corrected chi connectivity index (χ4v) is 4.99. The Hall–Kier alpha value is -4.31. The van der Waals surface area contributed by atoms with Gasteiger partial charge in [0.15, 0.2) is 4.80 Å². The van der Waals surface area contributed by atoms with E-state index in [0.717, 1.165) is 5.56 Å². The fourth-order valence-electron chi connectivity index (χ4n) is 3.94. The molecule has 0 saturated carbocycles. The monoisotopic (exact) mass is 520 g/mol. The molecule has 0 fully saturated rings. The van der Waals surface area contributed by atoms with Crippen LogP contribution in [0.3, 0.4) is 0 Å². The molecule has 0 saturated heterocycles. The van der Waals surface area contributed by atoms with Crippen molar-refractivity contribution in [3.05, 3.63) is 90.6 Å². The maximum Gasteiger partial charge on any atom is 0.338 e. The van der Waals surface area contributed by atoms with Crippen molar-refractivity contribution < 1.29 is 28.6 Å². The van der Waals surface area contributed by atoms with E-state index in [0.29, 0.717) is 32.1 Å². The second kappa shape index (κ2) is 10.8. The third-order valence-electron chi connectivity index (χ3n) is 5.41. The van der Waals surface area contributed by atoms with Gasteiger partial charge >= 0.3 is 17.9 Å². The molecule has 2 aromatic carbocycles. The number of carbonyl (C=O) groups excluding carboxylic acids is 3. The van der Waals surface area contributed by atoms with Gasteiger partial charge in [-0.2, -0.15) is 0 Å². The summed E-state index contributed by atoms with van der Waals surface area (Å²) in [4.78, 5) is 54.0. The molecule has 0 N–H and O–H groups in total. The number of ether oxygens (including phenoxy) is 3. The van der Waals surface area contributed by atoms with Gasteiger partial charge in [-0.15, -0.1) is 0 Å². The van der Waals surface area contributed by atoms with E-state index in [1.807, 2.05) is 0 Å². The van der Waals surface area contributed by atoms with Crippen molar-refractivity contribution in [3.63, 3.8) is 0 Å². The van der Waals surface area contributed by atoms with Crippen LogP contribution in [-0.2, 0) is 19.1 Å². The summed E-state index contributed by atoms with van der Waals surface area (Å²) in [5.74, 6) is -0.690. The first kappa shape index (κ1) is 25.8. The first-order valence-electron chi connectivity index (χ1n) is 11.4. The highest BCUT2D eigenvalue weighted by atomic mass is 32.1. The lowest BCUT2D eigenvalue weighted by Gasteiger charge is -2.24. The minimum absolute atomic E-state index is 0.168. The molecule has 0 bridgehead atoms. The van der Waals surface area contributed by atoms with Crippen molar-refractivity contribution in [2.45, 2.75) is 33.7 Å². The van der Waals surface area contributed by atoms with Gasteiger partial charge in [-0.1, -0.05) is 35.6 Å².